The van der Waals surface area contributed by atoms with E-state index >= 15 is 0 Å². The van der Waals surface area contributed by atoms with Crippen molar-refractivity contribution >= 4 is 0 Å². The zero-order chi connectivity index (χ0) is 26.9. The van der Waals surface area contributed by atoms with Gasteiger partial charge < -0.3 is 14.6 Å². The number of alkyl halides is 1. The van der Waals surface area contributed by atoms with E-state index in [0.29, 0.717) is 44.2 Å². The number of benzene rings is 4. The number of halogens is 1. The van der Waals surface area contributed by atoms with Crippen LogP contribution < -0.4 is 9.47 Å². The van der Waals surface area contributed by atoms with Crippen molar-refractivity contribution in [2.24, 2.45) is 0 Å². The zero-order valence-corrected chi connectivity index (χ0v) is 22.2. The minimum Gasteiger partial charge on any atom is -0.485 e. The predicted octanol–water partition coefficient (Wildman–Crippen LogP) is 7.05. The second kappa shape index (κ2) is 13.4. The van der Waals surface area contributed by atoms with Gasteiger partial charge in [-0.05, 0) is 47.6 Å². The molecular formula is C34H36FNO3. The van der Waals surface area contributed by atoms with E-state index < -0.39 is 6.10 Å². The van der Waals surface area contributed by atoms with Crippen LogP contribution in [0.15, 0.2) is 103 Å². The summed E-state index contributed by atoms with van der Waals surface area (Å²) in [6.07, 6.45) is 1.22. The fourth-order valence-corrected chi connectivity index (χ4v) is 5.38. The van der Waals surface area contributed by atoms with Gasteiger partial charge in [0.15, 0.2) is 11.5 Å². The summed E-state index contributed by atoms with van der Waals surface area (Å²) in [7, 11) is 0. The van der Waals surface area contributed by atoms with E-state index in [9.17, 15) is 9.50 Å². The first kappa shape index (κ1) is 26.9. The molecule has 0 heterocycles. The Bertz CT molecular complexity index is 1300. The fourth-order valence-electron chi connectivity index (χ4n) is 5.38. The molecule has 2 atom stereocenters. The number of aliphatic hydroxyl groups is 1. The summed E-state index contributed by atoms with van der Waals surface area (Å²) in [6.45, 7) is 1.74. The van der Waals surface area contributed by atoms with Gasteiger partial charge in [0.1, 0.15) is 13.2 Å². The average Bonchev–Trinajstić information content (AvgIpc) is 2.99. The molecule has 1 aliphatic rings. The molecule has 4 aromatic rings. The van der Waals surface area contributed by atoms with E-state index in [2.05, 4.69) is 17.0 Å². The molecule has 1 unspecified atom stereocenters. The predicted molar refractivity (Wildman–Crippen MR) is 153 cm³/mol. The van der Waals surface area contributed by atoms with E-state index in [1.165, 1.54) is 0 Å². The van der Waals surface area contributed by atoms with Crippen LogP contribution in [0.3, 0.4) is 0 Å². The number of rotatable bonds is 12. The molecule has 1 aliphatic carbocycles. The van der Waals surface area contributed by atoms with Gasteiger partial charge in [0.25, 0.3) is 0 Å². The Hall–Kier alpha value is -3.67. The van der Waals surface area contributed by atoms with Gasteiger partial charge in [-0.25, -0.2) is 0 Å². The molecular weight excluding hydrogens is 489 g/mol. The Morgan fingerprint density at radius 1 is 0.744 bits per heavy atom. The third-order valence-corrected chi connectivity index (χ3v) is 7.37. The molecule has 4 nitrogen and oxygen atoms in total. The average molecular weight is 526 g/mol. The third-order valence-electron chi connectivity index (χ3n) is 7.37. The quantitative estimate of drug-likeness (QED) is 0.215. The topological polar surface area (TPSA) is 41.9 Å². The lowest BCUT2D eigenvalue weighted by Crippen LogP contribution is -2.42. The van der Waals surface area contributed by atoms with Gasteiger partial charge in [-0.15, -0.1) is 0 Å². The Kier molecular flexibility index (Phi) is 9.26. The van der Waals surface area contributed by atoms with Gasteiger partial charge in [0.2, 0.25) is 0 Å². The van der Waals surface area contributed by atoms with Gasteiger partial charge in [0.05, 0.1) is 12.8 Å². The number of hydrogen-bond donors (Lipinski definition) is 1. The summed E-state index contributed by atoms with van der Waals surface area (Å²) in [5.74, 6) is 1.38. The summed E-state index contributed by atoms with van der Waals surface area (Å²) < 4.78 is 25.9. The number of fused-ring (bicyclic) bond motifs is 1. The first-order valence-electron chi connectivity index (χ1n) is 13.7. The summed E-state index contributed by atoms with van der Waals surface area (Å²) in [5.41, 5.74) is 5.16. The van der Waals surface area contributed by atoms with Crippen LogP contribution in [-0.4, -0.2) is 29.3 Å². The van der Waals surface area contributed by atoms with Crippen LogP contribution in [-0.2, 0) is 26.2 Å². The van der Waals surface area contributed by atoms with E-state index in [4.69, 9.17) is 9.47 Å². The molecule has 0 saturated heterocycles. The molecule has 202 valence electrons. The molecule has 1 N–H and O–H groups in total. The van der Waals surface area contributed by atoms with Crippen molar-refractivity contribution in [1.29, 1.82) is 0 Å². The van der Waals surface area contributed by atoms with Gasteiger partial charge >= 0.3 is 0 Å². The number of nitrogens with zero attached hydrogens (tertiary/aromatic N) is 1. The lowest BCUT2D eigenvalue weighted by atomic mass is 9.84. The van der Waals surface area contributed by atoms with Crippen LogP contribution in [0, 0.1) is 0 Å². The van der Waals surface area contributed by atoms with Crippen LogP contribution in [0.25, 0.3) is 0 Å². The van der Waals surface area contributed by atoms with Crippen molar-refractivity contribution in [1.82, 2.24) is 4.90 Å². The van der Waals surface area contributed by atoms with Crippen molar-refractivity contribution in [2.75, 3.05) is 13.2 Å². The highest BCUT2D eigenvalue weighted by molar-refractivity contribution is 5.53. The van der Waals surface area contributed by atoms with Crippen LogP contribution in [0.4, 0.5) is 4.39 Å². The lowest BCUT2D eigenvalue weighted by molar-refractivity contribution is 0.0291. The smallest absolute Gasteiger partial charge is 0.165 e. The molecule has 0 fully saturated rings. The SMILES string of the molecule is O[C@@H]1c2ccc(OCc3ccccc3)c(OCc3ccccc3)c2CCC1N(CCCF)Cc1ccccc1. The summed E-state index contributed by atoms with van der Waals surface area (Å²) in [5, 5.41) is 11.6. The van der Waals surface area contributed by atoms with E-state index in [-0.39, 0.29) is 12.7 Å². The normalized spacial score (nSPS) is 16.6. The zero-order valence-electron chi connectivity index (χ0n) is 22.2. The molecule has 0 amide bonds. The second-order valence-electron chi connectivity index (χ2n) is 10.1. The molecule has 5 heteroatoms. The van der Waals surface area contributed by atoms with Crippen molar-refractivity contribution in [3.63, 3.8) is 0 Å². The largest absolute Gasteiger partial charge is 0.485 e. The van der Waals surface area contributed by atoms with E-state index in [0.717, 1.165) is 40.7 Å². The Labute approximate surface area is 230 Å². The number of aliphatic hydroxyl groups excluding tert-OH is 1. The molecule has 39 heavy (non-hydrogen) atoms. The van der Waals surface area contributed by atoms with Crippen molar-refractivity contribution in [2.45, 2.75) is 51.2 Å². The van der Waals surface area contributed by atoms with E-state index in [1.807, 2.05) is 91.0 Å². The van der Waals surface area contributed by atoms with Crippen LogP contribution in [0.1, 0.15) is 46.8 Å². The molecule has 0 saturated carbocycles. The molecule has 0 aromatic heterocycles. The van der Waals surface area contributed by atoms with Gasteiger partial charge in [0, 0.05) is 24.7 Å². The standard InChI is InChI=1S/C34H36FNO3/c35-21-10-22-36(23-26-11-4-1-5-12-26)31-19-17-30-29(33(31)37)18-20-32(38-24-27-13-6-2-7-14-27)34(30)39-25-28-15-8-3-9-16-28/h1-9,11-16,18,20,31,33,37H,10,17,19,21-25H2/t31?,33-/m1/s1. The monoisotopic (exact) mass is 525 g/mol. The van der Waals surface area contributed by atoms with Crippen LogP contribution in [0.2, 0.25) is 0 Å². The summed E-state index contributed by atoms with van der Waals surface area (Å²) in [6, 6.07) is 34.1. The van der Waals surface area contributed by atoms with Crippen molar-refractivity contribution in [3.8, 4) is 11.5 Å². The van der Waals surface area contributed by atoms with Crippen molar-refractivity contribution < 1.29 is 19.0 Å². The molecule has 0 bridgehead atoms. The van der Waals surface area contributed by atoms with Gasteiger partial charge in [-0.1, -0.05) is 97.1 Å². The molecule has 0 spiro atoms. The molecule has 5 rings (SSSR count). The fraction of sp³-hybridized carbons (Fsp3) is 0.294. The summed E-state index contributed by atoms with van der Waals surface area (Å²) >= 11 is 0. The maximum Gasteiger partial charge on any atom is 0.165 e. The second-order valence-corrected chi connectivity index (χ2v) is 10.1. The van der Waals surface area contributed by atoms with Crippen LogP contribution in [0.5, 0.6) is 11.5 Å². The Morgan fingerprint density at radius 3 is 1.95 bits per heavy atom. The minimum atomic E-state index is -0.709. The number of hydrogen-bond acceptors (Lipinski definition) is 4. The summed E-state index contributed by atoms with van der Waals surface area (Å²) in [4.78, 5) is 2.23. The highest BCUT2D eigenvalue weighted by Gasteiger charge is 2.35. The number of ether oxygens (including phenoxy) is 2. The maximum absolute atomic E-state index is 13.2. The first-order chi connectivity index (χ1) is 19.2. The van der Waals surface area contributed by atoms with E-state index in [1.54, 1.807) is 0 Å². The Morgan fingerprint density at radius 2 is 1.33 bits per heavy atom. The molecule has 4 aromatic carbocycles. The lowest BCUT2D eigenvalue weighted by Gasteiger charge is -2.39. The Balaban J connectivity index is 1.41. The maximum atomic E-state index is 13.2. The van der Waals surface area contributed by atoms with Crippen LogP contribution >= 0.6 is 0 Å². The van der Waals surface area contributed by atoms with Crippen molar-refractivity contribution in [3.05, 3.63) is 131 Å². The highest BCUT2D eigenvalue weighted by Crippen LogP contribution is 2.43. The minimum absolute atomic E-state index is 0.109. The third kappa shape index (κ3) is 6.86. The molecule has 0 aliphatic heterocycles. The molecule has 0 radical (unpaired) electrons. The van der Waals surface area contributed by atoms with Gasteiger partial charge in [-0.3, -0.25) is 9.29 Å². The van der Waals surface area contributed by atoms with Gasteiger partial charge in [-0.2, -0.15) is 0 Å². The highest BCUT2D eigenvalue weighted by atomic mass is 19.1. The first-order valence-corrected chi connectivity index (χ1v) is 13.7.